The number of rotatable bonds is 10. The second kappa shape index (κ2) is 9.35. The zero-order valence-corrected chi connectivity index (χ0v) is 14.6. The highest BCUT2D eigenvalue weighted by atomic mass is 32.1. The van der Waals surface area contributed by atoms with Crippen molar-refractivity contribution in [1.29, 1.82) is 0 Å². The molecule has 2 unspecified atom stereocenters. The lowest BCUT2D eigenvalue weighted by Crippen LogP contribution is -2.38. The van der Waals surface area contributed by atoms with E-state index in [2.05, 4.69) is 25.7 Å². The van der Waals surface area contributed by atoms with Crippen LogP contribution in [-0.2, 0) is 16.1 Å². The number of aliphatic hydroxyl groups is 1. The van der Waals surface area contributed by atoms with Gasteiger partial charge in [0, 0.05) is 20.8 Å². The number of hydrogen-bond acceptors (Lipinski definition) is 6. The third-order valence-electron chi connectivity index (χ3n) is 3.66. The van der Waals surface area contributed by atoms with Gasteiger partial charge in [0.2, 0.25) is 0 Å². The number of anilines is 1. The molecule has 0 bridgehead atoms. The molecule has 1 aromatic rings. The van der Waals surface area contributed by atoms with Crippen molar-refractivity contribution in [2.75, 3.05) is 38.9 Å². The van der Waals surface area contributed by atoms with Crippen LogP contribution in [-0.4, -0.2) is 50.1 Å². The summed E-state index contributed by atoms with van der Waals surface area (Å²) in [5, 5.41) is 10.5. The predicted molar refractivity (Wildman–Crippen MR) is 87.3 cm³/mol. The largest absolute Gasteiger partial charge is 0.391 e. The van der Waals surface area contributed by atoms with Crippen LogP contribution in [0.15, 0.2) is 0 Å². The summed E-state index contributed by atoms with van der Waals surface area (Å²) in [7, 11) is 3.40. The molecule has 0 spiro atoms. The van der Waals surface area contributed by atoms with Crippen LogP contribution in [0.2, 0.25) is 0 Å². The Morgan fingerprint density at radius 3 is 2.52 bits per heavy atom. The predicted octanol–water partition coefficient (Wildman–Crippen LogP) is 2.64. The molecule has 2 atom stereocenters. The van der Waals surface area contributed by atoms with E-state index >= 15 is 0 Å². The van der Waals surface area contributed by atoms with Crippen molar-refractivity contribution in [2.24, 2.45) is 0 Å². The Morgan fingerprint density at radius 2 is 2.00 bits per heavy atom. The molecule has 122 valence electrons. The topological polar surface area (TPSA) is 54.8 Å². The molecule has 0 saturated carbocycles. The molecule has 0 aliphatic carbocycles. The molecule has 1 heterocycles. The minimum Gasteiger partial charge on any atom is -0.391 e. The first-order chi connectivity index (χ1) is 10.1. The van der Waals surface area contributed by atoms with Crippen molar-refractivity contribution in [1.82, 2.24) is 4.98 Å². The van der Waals surface area contributed by atoms with Crippen LogP contribution in [0.3, 0.4) is 0 Å². The first-order valence-electron chi connectivity index (χ1n) is 7.43. The molecule has 0 aromatic carbocycles. The summed E-state index contributed by atoms with van der Waals surface area (Å²) in [4.78, 5) is 7.94. The third kappa shape index (κ3) is 4.92. The number of hydrogen-bond donors (Lipinski definition) is 1. The van der Waals surface area contributed by atoms with Crippen molar-refractivity contribution in [3.8, 4) is 0 Å². The Bertz CT molecular complexity index is 412. The number of methoxy groups -OCH3 is 2. The van der Waals surface area contributed by atoms with Gasteiger partial charge in [-0.25, -0.2) is 4.98 Å². The molecule has 21 heavy (non-hydrogen) atoms. The zero-order chi connectivity index (χ0) is 15.8. The average Bonchev–Trinajstić information content (AvgIpc) is 2.91. The fourth-order valence-corrected chi connectivity index (χ4v) is 3.36. The monoisotopic (exact) mass is 316 g/mol. The summed E-state index contributed by atoms with van der Waals surface area (Å²) < 4.78 is 10.5. The SMILES string of the molecule is CCC(C)c1nc(N(CCOC)C(C)COC)sc1CO. The lowest BCUT2D eigenvalue weighted by Gasteiger charge is -2.28. The van der Waals surface area contributed by atoms with E-state index < -0.39 is 0 Å². The highest BCUT2D eigenvalue weighted by Crippen LogP contribution is 2.33. The number of nitrogens with zero attached hydrogens (tertiary/aromatic N) is 2. The quantitative estimate of drug-likeness (QED) is 0.719. The van der Waals surface area contributed by atoms with E-state index in [0.717, 1.165) is 28.7 Å². The van der Waals surface area contributed by atoms with Gasteiger partial charge in [-0.3, -0.25) is 0 Å². The minimum atomic E-state index is 0.0497. The van der Waals surface area contributed by atoms with Gasteiger partial charge in [0.15, 0.2) is 5.13 Å². The highest BCUT2D eigenvalue weighted by molar-refractivity contribution is 7.15. The second-order valence-corrected chi connectivity index (χ2v) is 6.32. The van der Waals surface area contributed by atoms with Gasteiger partial charge in [-0.15, -0.1) is 0 Å². The van der Waals surface area contributed by atoms with Crippen LogP contribution in [0.4, 0.5) is 5.13 Å². The van der Waals surface area contributed by atoms with Crippen LogP contribution < -0.4 is 4.90 Å². The van der Waals surface area contributed by atoms with E-state index in [1.165, 1.54) is 0 Å². The van der Waals surface area contributed by atoms with E-state index in [0.29, 0.717) is 19.1 Å². The molecular formula is C15H28N2O3S. The second-order valence-electron chi connectivity index (χ2n) is 5.26. The lowest BCUT2D eigenvalue weighted by molar-refractivity contribution is 0.171. The molecule has 0 aliphatic heterocycles. The maximum Gasteiger partial charge on any atom is 0.186 e. The smallest absolute Gasteiger partial charge is 0.186 e. The van der Waals surface area contributed by atoms with Crippen molar-refractivity contribution in [3.05, 3.63) is 10.6 Å². The number of aliphatic hydroxyl groups excluding tert-OH is 1. The molecule has 6 heteroatoms. The summed E-state index contributed by atoms with van der Waals surface area (Å²) in [6.45, 7) is 8.49. The maximum atomic E-state index is 9.58. The van der Waals surface area contributed by atoms with Gasteiger partial charge in [-0.2, -0.15) is 0 Å². The molecule has 0 amide bonds. The van der Waals surface area contributed by atoms with Crippen LogP contribution in [0.5, 0.6) is 0 Å². The van der Waals surface area contributed by atoms with Crippen molar-refractivity contribution in [3.63, 3.8) is 0 Å². The molecule has 1 aromatic heterocycles. The van der Waals surface area contributed by atoms with Gasteiger partial charge in [-0.05, 0) is 19.3 Å². The van der Waals surface area contributed by atoms with Gasteiger partial charge in [0.1, 0.15) is 0 Å². The van der Waals surface area contributed by atoms with Crippen molar-refractivity contribution in [2.45, 2.75) is 45.8 Å². The molecule has 1 rings (SSSR count). The standard InChI is InChI=1S/C15H28N2O3S/c1-6-11(2)14-13(9-18)21-15(16-14)17(7-8-19-4)12(3)10-20-5/h11-12,18H,6-10H2,1-5H3. The molecule has 0 fully saturated rings. The van der Waals surface area contributed by atoms with E-state index in [-0.39, 0.29) is 12.6 Å². The summed E-state index contributed by atoms with van der Waals surface area (Å²) in [6.07, 6.45) is 1.02. The first-order valence-corrected chi connectivity index (χ1v) is 8.25. The first kappa shape index (κ1) is 18.4. The van der Waals surface area contributed by atoms with Crippen molar-refractivity contribution >= 4 is 16.5 Å². The normalized spacial score (nSPS) is 14.2. The van der Waals surface area contributed by atoms with Crippen molar-refractivity contribution < 1.29 is 14.6 Å². The summed E-state index contributed by atoms with van der Waals surface area (Å²) in [6, 6.07) is 0.215. The fraction of sp³-hybridized carbons (Fsp3) is 0.800. The van der Waals surface area contributed by atoms with Gasteiger partial charge in [-0.1, -0.05) is 25.2 Å². The average molecular weight is 316 g/mol. The van der Waals surface area contributed by atoms with E-state index in [1.807, 2.05) is 0 Å². The fourth-order valence-electron chi connectivity index (χ4n) is 2.19. The van der Waals surface area contributed by atoms with Gasteiger partial charge >= 0.3 is 0 Å². The molecule has 0 radical (unpaired) electrons. The van der Waals surface area contributed by atoms with Crippen LogP contribution >= 0.6 is 11.3 Å². The van der Waals surface area contributed by atoms with Crippen LogP contribution in [0, 0.1) is 0 Å². The van der Waals surface area contributed by atoms with Gasteiger partial charge < -0.3 is 19.5 Å². The zero-order valence-electron chi connectivity index (χ0n) is 13.8. The maximum absolute atomic E-state index is 9.58. The Kier molecular flexibility index (Phi) is 8.18. The van der Waals surface area contributed by atoms with E-state index in [4.69, 9.17) is 14.5 Å². The number of ether oxygens (including phenoxy) is 2. The molecular weight excluding hydrogens is 288 g/mol. The Balaban J connectivity index is 3.03. The van der Waals surface area contributed by atoms with Crippen LogP contribution in [0.25, 0.3) is 0 Å². The van der Waals surface area contributed by atoms with E-state index in [9.17, 15) is 5.11 Å². The minimum absolute atomic E-state index is 0.0497. The summed E-state index contributed by atoms with van der Waals surface area (Å²) in [5.41, 5.74) is 1.02. The Labute approximate surface area is 131 Å². The number of thiazole rings is 1. The molecule has 5 nitrogen and oxygen atoms in total. The number of aromatic nitrogens is 1. The summed E-state index contributed by atoms with van der Waals surface area (Å²) >= 11 is 1.57. The Hall–Kier alpha value is -0.690. The molecule has 0 aliphatic rings. The molecule has 1 N–H and O–H groups in total. The van der Waals surface area contributed by atoms with Crippen LogP contribution in [0.1, 0.15) is 43.7 Å². The summed E-state index contributed by atoms with van der Waals surface area (Å²) in [5.74, 6) is 0.360. The van der Waals surface area contributed by atoms with Gasteiger partial charge in [0.25, 0.3) is 0 Å². The highest BCUT2D eigenvalue weighted by Gasteiger charge is 2.22. The van der Waals surface area contributed by atoms with Gasteiger partial charge in [0.05, 0.1) is 36.4 Å². The third-order valence-corrected chi connectivity index (χ3v) is 4.75. The molecule has 0 saturated heterocycles. The van der Waals surface area contributed by atoms with E-state index in [1.54, 1.807) is 25.6 Å². The lowest BCUT2D eigenvalue weighted by atomic mass is 10.0. The Morgan fingerprint density at radius 1 is 1.29 bits per heavy atom.